The van der Waals surface area contributed by atoms with Crippen LogP contribution in [-0.2, 0) is 17.8 Å². The molecule has 0 saturated heterocycles. The van der Waals surface area contributed by atoms with Gasteiger partial charge in [0.1, 0.15) is 17.7 Å². The topological polar surface area (TPSA) is 81.3 Å². The van der Waals surface area contributed by atoms with Crippen LogP contribution >= 0.6 is 11.3 Å². The van der Waals surface area contributed by atoms with Gasteiger partial charge in [-0.1, -0.05) is 19.1 Å². The summed E-state index contributed by atoms with van der Waals surface area (Å²) in [5.74, 6) is -0.299. The lowest BCUT2D eigenvalue weighted by molar-refractivity contribution is -0.117. The third-order valence-electron chi connectivity index (χ3n) is 4.69. The first-order valence-electron chi connectivity index (χ1n) is 8.70. The van der Waals surface area contributed by atoms with E-state index in [1.165, 1.54) is 21.0 Å². The Hall–Kier alpha value is -3.00. The molecule has 0 aliphatic rings. The fraction of sp³-hybridized carbons (Fsp3) is 0.263. The van der Waals surface area contributed by atoms with E-state index in [4.69, 9.17) is 0 Å². The molecule has 0 aliphatic heterocycles. The zero-order valence-corrected chi connectivity index (χ0v) is 16.1. The highest BCUT2D eigenvalue weighted by molar-refractivity contribution is 7.18. The van der Waals surface area contributed by atoms with E-state index < -0.39 is 0 Å². The number of hydrogen-bond acceptors (Lipinski definition) is 5. The number of carbonyl (C=O) groups is 1. The van der Waals surface area contributed by atoms with E-state index in [2.05, 4.69) is 22.3 Å². The van der Waals surface area contributed by atoms with E-state index in [1.807, 2.05) is 38.1 Å². The molecule has 0 spiro atoms. The molecule has 7 nitrogen and oxygen atoms in total. The molecule has 1 aromatic carbocycles. The van der Waals surface area contributed by atoms with E-state index >= 15 is 0 Å². The summed E-state index contributed by atoms with van der Waals surface area (Å²) in [5, 5.41) is 8.07. The van der Waals surface area contributed by atoms with Crippen LogP contribution < -0.4 is 11.0 Å². The Morgan fingerprint density at radius 3 is 2.67 bits per heavy atom. The van der Waals surface area contributed by atoms with Crippen LogP contribution in [0.1, 0.15) is 22.9 Å². The number of nitrogens with one attached hydrogen (secondary N) is 1. The largest absolute Gasteiger partial charge is 0.352 e. The van der Waals surface area contributed by atoms with Gasteiger partial charge in [-0.2, -0.15) is 0 Å². The Bertz CT molecular complexity index is 1220. The summed E-state index contributed by atoms with van der Waals surface area (Å²) in [6, 6.07) is 7.65. The Kier molecular flexibility index (Phi) is 4.27. The van der Waals surface area contributed by atoms with Crippen molar-refractivity contribution in [2.24, 2.45) is 0 Å². The monoisotopic (exact) mass is 381 g/mol. The third kappa shape index (κ3) is 3.02. The highest BCUT2D eigenvalue weighted by Gasteiger charge is 2.17. The van der Waals surface area contributed by atoms with Crippen molar-refractivity contribution < 1.29 is 4.79 Å². The quantitative estimate of drug-likeness (QED) is 0.589. The highest BCUT2D eigenvalue weighted by Crippen LogP contribution is 2.30. The second kappa shape index (κ2) is 6.62. The first-order valence-corrected chi connectivity index (χ1v) is 9.52. The maximum atomic E-state index is 12.6. The second-order valence-corrected chi connectivity index (χ2v) is 7.64. The molecular formula is C19H19N5O2S. The van der Waals surface area contributed by atoms with Crippen LogP contribution in [-0.4, -0.2) is 25.1 Å². The van der Waals surface area contributed by atoms with Crippen LogP contribution in [0.2, 0.25) is 0 Å². The standard InChI is InChI=1S/C19H19N5O2S/c1-4-13-5-7-14(8-6-13)21-15(25)9-24-19(26)23-10-20-18-16(17(23)22-24)11(2)12(3)27-18/h5-8,10H,4,9H2,1-3H3,(H,21,25). The molecule has 0 atom stereocenters. The van der Waals surface area contributed by atoms with Crippen LogP contribution in [0, 0.1) is 13.8 Å². The van der Waals surface area contributed by atoms with Gasteiger partial charge in [-0.15, -0.1) is 16.4 Å². The molecule has 138 valence electrons. The molecule has 27 heavy (non-hydrogen) atoms. The van der Waals surface area contributed by atoms with Gasteiger partial charge in [-0.3, -0.25) is 4.79 Å². The number of anilines is 1. The van der Waals surface area contributed by atoms with Gasteiger partial charge in [0.15, 0.2) is 5.65 Å². The number of fused-ring (bicyclic) bond motifs is 3. The summed E-state index contributed by atoms with van der Waals surface area (Å²) < 4.78 is 2.57. The fourth-order valence-corrected chi connectivity index (χ4v) is 4.02. The molecule has 1 N–H and O–H groups in total. The number of rotatable bonds is 4. The van der Waals surface area contributed by atoms with Crippen molar-refractivity contribution in [2.75, 3.05) is 5.32 Å². The Morgan fingerprint density at radius 2 is 1.96 bits per heavy atom. The molecule has 0 radical (unpaired) electrons. The average Bonchev–Trinajstić information content (AvgIpc) is 3.12. The predicted octanol–water partition coefficient (Wildman–Crippen LogP) is 2.92. The SMILES string of the molecule is CCc1ccc(NC(=O)Cn2nc3c4c(C)c(C)sc4ncn3c2=O)cc1. The predicted molar refractivity (Wildman–Crippen MR) is 107 cm³/mol. The zero-order valence-electron chi connectivity index (χ0n) is 15.3. The van der Waals surface area contributed by atoms with Gasteiger partial charge in [0.05, 0.1) is 5.39 Å². The number of benzene rings is 1. The first-order chi connectivity index (χ1) is 13.0. The number of aryl methyl sites for hydroxylation is 3. The van der Waals surface area contributed by atoms with E-state index in [9.17, 15) is 9.59 Å². The molecule has 0 aliphatic carbocycles. The molecular weight excluding hydrogens is 362 g/mol. The summed E-state index contributed by atoms with van der Waals surface area (Å²) in [6.45, 7) is 5.93. The lowest BCUT2D eigenvalue weighted by atomic mass is 10.1. The molecule has 3 heterocycles. The third-order valence-corrected chi connectivity index (χ3v) is 5.81. The number of carbonyl (C=O) groups excluding carboxylic acids is 1. The number of nitrogens with zero attached hydrogens (tertiary/aromatic N) is 4. The second-order valence-electron chi connectivity index (χ2n) is 6.44. The van der Waals surface area contributed by atoms with Gasteiger partial charge >= 0.3 is 5.69 Å². The molecule has 3 aromatic heterocycles. The van der Waals surface area contributed by atoms with Crippen molar-refractivity contribution >= 4 is 38.8 Å². The van der Waals surface area contributed by atoms with Gasteiger partial charge in [0.2, 0.25) is 5.91 Å². The van der Waals surface area contributed by atoms with Gasteiger partial charge in [0.25, 0.3) is 0 Å². The molecule has 0 saturated carbocycles. The van der Waals surface area contributed by atoms with Crippen LogP contribution in [0.5, 0.6) is 0 Å². The molecule has 0 unspecified atom stereocenters. The van der Waals surface area contributed by atoms with Gasteiger partial charge in [-0.25, -0.2) is 18.9 Å². The van der Waals surface area contributed by atoms with E-state index in [0.717, 1.165) is 27.1 Å². The van der Waals surface area contributed by atoms with Crippen molar-refractivity contribution in [3.63, 3.8) is 0 Å². The van der Waals surface area contributed by atoms with Crippen molar-refractivity contribution in [2.45, 2.75) is 33.7 Å². The van der Waals surface area contributed by atoms with Crippen molar-refractivity contribution in [1.29, 1.82) is 0 Å². The van der Waals surface area contributed by atoms with Gasteiger partial charge in [-0.05, 0) is 43.5 Å². The zero-order chi connectivity index (χ0) is 19.1. The summed E-state index contributed by atoms with van der Waals surface area (Å²) in [4.78, 5) is 31.3. The molecule has 0 fully saturated rings. The molecule has 4 aromatic rings. The Morgan fingerprint density at radius 1 is 1.22 bits per heavy atom. The maximum absolute atomic E-state index is 12.6. The number of aromatic nitrogens is 4. The van der Waals surface area contributed by atoms with Crippen LogP contribution in [0.4, 0.5) is 5.69 Å². The van der Waals surface area contributed by atoms with Crippen LogP contribution in [0.3, 0.4) is 0 Å². The van der Waals surface area contributed by atoms with Crippen molar-refractivity contribution in [3.8, 4) is 0 Å². The van der Waals surface area contributed by atoms with Crippen molar-refractivity contribution in [1.82, 2.24) is 19.2 Å². The number of hydrogen-bond donors (Lipinski definition) is 1. The highest BCUT2D eigenvalue weighted by atomic mass is 32.1. The summed E-state index contributed by atoms with van der Waals surface area (Å²) in [6.07, 6.45) is 2.41. The van der Waals surface area contributed by atoms with E-state index in [1.54, 1.807) is 11.3 Å². The fourth-order valence-electron chi connectivity index (χ4n) is 3.03. The minimum Gasteiger partial charge on any atom is -0.324 e. The summed E-state index contributed by atoms with van der Waals surface area (Å²) in [5.41, 5.74) is 3.11. The Balaban J connectivity index is 1.65. The smallest absolute Gasteiger partial charge is 0.324 e. The summed E-state index contributed by atoms with van der Waals surface area (Å²) in [7, 11) is 0. The van der Waals surface area contributed by atoms with Gasteiger partial charge in [0, 0.05) is 10.6 Å². The molecule has 8 heteroatoms. The van der Waals surface area contributed by atoms with Crippen molar-refractivity contribution in [3.05, 3.63) is 57.1 Å². The van der Waals surface area contributed by atoms with Crippen LogP contribution in [0.15, 0.2) is 35.4 Å². The summed E-state index contributed by atoms with van der Waals surface area (Å²) >= 11 is 1.57. The normalized spacial score (nSPS) is 11.4. The molecule has 1 amide bonds. The number of amides is 1. The number of thiophene rings is 1. The molecule has 4 rings (SSSR count). The lowest BCUT2D eigenvalue weighted by Gasteiger charge is -2.05. The van der Waals surface area contributed by atoms with Crippen LogP contribution in [0.25, 0.3) is 15.9 Å². The minimum absolute atomic E-state index is 0.153. The Labute approximate surface area is 159 Å². The molecule has 0 bridgehead atoms. The van der Waals surface area contributed by atoms with Gasteiger partial charge < -0.3 is 5.32 Å². The van der Waals surface area contributed by atoms with E-state index in [-0.39, 0.29) is 18.1 Å². The average molecular weight is 381 g/mol. The lowest BCUT2D eigenvalue weighted by Crippen LogP contribution is -2.28. The minimum atomic E-state index is -0.376. The first kappa shape index (κ1) is 17.4. The van der Waals surface area contributed by atoms with E-state index in [0.29, 0.717) is 11.3 Å². The maximum Gasteiger partial charge on any atom is 0.352 e.